The Bertz CT molecular complexity index is 710. The quantitative estimate of drug-likeness (QED) is 0.142. The van der Waals surface area contributed by atoms with Gasteiger partial charge in [0.05, 0.1) is 20.3 Å². The van der Waals surface area contributed by atoms with Crippen molar-refractivity contribution in [2.75, 3.05) is 58.6 Å². The highest BCUT2D eigenvalue weighted by molar-refractivity contribution is 7.98. The van der Waals surface area contributed by atoms with Gasteiger partial charge in [0.2, 0.25) is 11.8 Å². The molecule has 0 aliphatic carbocycles. The Labute approximate surface area is 223 Å². The second-order valence-corrected chi connectivity index (χ2v) is 8.51. The highest BCUT2D eigenvalue weighted by Gasteiger charge is 2.20. The van der Waals surface area contributed by atoms with Gasteiger partial charge in [-0.1, -0.05) is 0 Å². The summed E-state index contributed by atoms with van der Waals surface area (Å²) in [5.41, 5.74) is 0. The lowest BCUT2D eigenvalue weighted by Gasteiger charge is -2.12. The Morgan fingerprint density at radius 3 is 1.51 bits per heavy atom. The minimum absolute atomic E-state index is 0.0476. The van der Waals surface area contributed by atoms with Crippen LogP contribution in [0.15, 0.2) is 0 Å². The third-order valence-electron chi connectivity index (χ3n) is 3.62. The van der Waals surface area contributed by atoms with Crippen LogP contribution in [0.4, 0.5) is 4.79 Å². The topological polar surface area (TPSA) is 227 Å². The summed E-state index contributed by atoms with van der Waals surface area (Å²) in [6.45, 7) is 1.52. The summed E-state index contributed by atoms with van der Waals surface area (Å²) >= 11 is 2.72. The van der Waals surface area contributed by atoms with E-state index in [1.165, 1.54) is 51.8 Å². The fourth-order valence-electron chi connectivity index (χ4n) is 1.93. The Balaban J connectivity index is -0.000000473. The van der Waals surface area contributed by atoms with E-state index in [-0.39, 0.29) is 31.4 Å². The molecule has 37 heavy (non-hydrogen) atoms. The molecule has 216 valence electrons. The molecule has 0 heterocycles. The first-order valence-corrected chi connectivity index (χ1v) is 13.1. The van der Waals surface area contributed by atoms with Gasteiger partial charge >= 0.3 is 24.0 Å². The molecule has 0 aromatic carbocycles. The fourth-order valence-corrected chi connectivity index (χ4v) is 3.05. The Morgan fingerprint density at radius 2 is 1.19 bits per heavy atom. The molecule has 15 nitrogen and oxygen atoms in total. The Kier molecular flexibility index (Phi) is 26.1. The summed E-state index contributed by atoms with van der Waals surface area (Å²) in [6.07, 6.45) is 2.97. The summed E-state index contributed by atoms with van der Waals surface area (Å²) < 4.78 is 13.6. The average Bonchev–Trinajstić information content (AvgIpc) is 2.82. The second-order valence-electron chi connectivity index (χ2n) is 6.69. The van der Waals surface area contributed by atoms with Gasteiger partial charge in [-0.25, -0.2) is 19.2 Å². The molecule has 0 saturated carbocycles. The molecule has 0 rings (SSSR count). The number of hydrogen-bond donors (Lipinski definition) is 6. The van der Waals surface area contributed by atoms with Gasteiger partial charge in [0.1, 0.15) is 12.1 Å². The molecular weight excluding hydrogens is 538 g/mol. The van der Waals surface area contributed by atoms with Crippen molar-refractivity contribution in [3.05, 3.63) is 0 Å². The zero-order chi connectivity index (χ0) is 29.4. The Hall–Kier alpha value is -2.76. The number of carbonyl (C=O) groups is 6. The SMILES string of the molecule is COC(=O)NC(CSC)C(=O)O.COCCC(=O)NC(COC)C(=O)O.CSCC(NC(C)=O)C(=O)O. The molecule has 17 heteroatoms. The van der Waals surface area contributed by atoms with Gasteiger partial charge in [-0.2, -0.15) is 23.5 Å². The van der Waals surface area contributed by atoms with E-state index in [4.69, 9.17) is 15.3 Å². The number of amides is 3. The molecule has 6 N–H and O–H groups in total. The van der Waals surface area contributed by atoms with Gasteiger partial charge in [0.25, 0.3) is 0 Å². The first-order chi connectivity index (χ1) is 17.3. The second kappa shape index (κ2) is 24.9. The molecule has 0 aromatic heterocycles. The number of alkyl carbamates (subject to hydrolysis) is 1. The number of carboxylic acid groups (broad SMARTS) is 3. The van der Waals surface area contributed by atoms with Gasteiger partial charge in [-0.05, 0) is 12.5 Å². The number of thioether (sulfide) groups is 2. The first-order valence-electron chi connectivity index (χ1n) is 10.4. The van der Waals surface area contributed by atoms with Gasteiger partial charge < -0.3 is 45.5 Å². The van der Waals surface area contributed by atoms with Crippen molar-refractivity contribution < 1.29 is 58.3 Å². The van der Waals surface area contributed by atoms with Crippen LogP contribution in [-0.4, -0.2) is 128 Å². The Morgan fingerprint density at radius 1 is 0.730 bits per heavy atom. The van der Waals surface area contributed by atoms with E-state index in [0.717, 1.165) is 0 Å². The number of carbonyl (C=O) groups excluding carboxylic acids is 3. The summed E-state index contributed by atoms with van der Waals surface area (Å²) in [5, 5.41) is 32.6. The predicted molar refractivity (Wildman–Crippen MR) is 137 cm³/mol. The van der Waals surface area contributed by atoms with Gasteiger partial charge in [0, 0.05) is 39.1 Å². The molecule has 0 aliphatic heterocycles. The van der Waals surface area contributed by atoms with Gasteiger partial charge in [-0.3, -0.25) is 9.59 Å². The van der Waals surface area contributed by atoms with E-state index in [1.807, 2.05) is 0 Å². The molecule has 3 unspecified atom stereocenters. The zero-order valence-corrected chi connectivity index (χ0v) is 23.2. The van der Waals surface area contributed by atoms with E-state index in [9.17, 15) is 28.8 Å². The predicted octanol–water partition coefficient (Wildman–Crippen LogP) is -0.664. The molecule has 0 spiro atoms. The van der Waals surface area contributed by atoms with Crippen molar-refractivity contribution in [1.29, 1.82) is 0 Å². The lowest BCUT2D eigenvalue weighted by Crippen LogP contribution is -2.44. The van der Waals surface area contributed by atoms with Crippen LogP contribution in [-0.2, 0) is 38.2 Å². The molecule has 3 atom stereocenters. The standard InChI is InChI=1S/C8H15NO5.C6H11NO4S.C6H11NO3S/c1-13-4-3-7(10)9-6(5-14-2)8(11)12;1-11-6(10)7-4(3-12-2)5(8)9;1-4(8)7-5(3-11-2)6(9)10/h6H,3-5H2,1-2H3,(H,9,10)(H,11,12);4H,3H2,1-2H3,(H,7,10)(H,8,9);5H,3H2,1-2H3,(H,7,8)(H,9,10). The molecule has 0 bridgehead atoms. The molecule has 0 fully saturated rings. The molecule has 0 radical (unpaired) electrons. The highest BCUT2D eigenvalue weighted by Crippen LogP contribution is 1.98. The zero-order valence-electron chi connectivity index (χ0n) is 21.6. The van der Waals surface area contributed by atoms with Crippen molar-refractivity contribution in [1.82, 2.24) is 16.0 Å². The smallest absolute Gasteiger partial charge is 0.407 e. The van der Waals surface area contributed by atoms with Crippen molar-refractivity contribution in [2.24, 2.45) is 0 Å². The monoisotopic (exact) mass is 575 g/mol. The maximum absolute atomic E-state index is 11.1. The van der Waals surface area contributed by atoms with Crippen LogP contribution in [0, 0.1) is 0 Å². The van der Waals surface area contributed by atoms with Gasteiger partial charge in [-0.15, -0.1) is 0 Å². The van der Waals surface area contributed by atoms with Crippen LogP contribution in [0.1, 0.15) is 13.3 Å². The van der Waals surface area contributed by atoms with Crippen LogP contribution in [0.3, 0.4) is 0 Å². The molecule has 3 amide bonds. The number of methoxy groups -OCH3 is 3. The minimum Gasteiger partial charge on any atom is -0.480 e. The number of ether oxygens (including phenoxy) is 3. The number of rotatable bonds is 15. The van der Waals surface area contributed by atoms with Crippen molar-refractivity contribution in [2.45, 2.75) is 31.5 Å². The fraction of sp³-hybridized carbons (Fsp3) is 0.700. The molecule has 0 aliphatic rings. The molecule has 0 saturated heterocycles. The third-order valence-corrected chi connectivity index (χ3v) is 4.95. The number of aliphatic carboxylic acids is 3. The summed E-state index contributed by atoms with van der Waals surface area (Å²) in [7, 11) is 4.03. The van der Waals surface area contributed by atoms with E-state index in [2.05, 4.69) is 30.2 Å². The average molecular weight is 576 g/mol. The minimum atomic E-state index is -1.11. The van der Waals surface area contributed by atoms with E-state index < -0.39 is 42.1 Å². The number of carboxylic acids is 3. The van der Waals surface area contributed by atoms with Crippen LogP contribution in [0.2, 0.25) is 0 Å². The third kappa shape index (κ3) is 24.7. The molecule has 0 aromatic rings. The lowest BCUT2D eigenvalue weighted by atomic mass is 10.3. The number of nitrogens with one attached hydrogen (secondary N) is 3. The van der Waals surface area contributed by atoms with Crippen LogP contribution >= 0.6 is 23.5 Å². The van der Waals surface area contributed by atoms with E-state index >= 15 is 0 Å². The first kappa shape index (κ1) is 38.8. The van der Waals surface area contributed by atoms with E-state index in [0.29, 0.717) is 11.5 Å². The van der Waals surface area contributed by atoms with Gasteiger partial charge in [0.15, 0.2) is 6.04 Å². The molecular formula is C20H37N3O12S2. The van der Waals surface area contributed by atoms with E-state index in [1.54, 1.807) is 12.5 Å². The maximum Gasteiger partial charge on any atom is 0.407 e. The normalized spacial score (nSPS) is 12.1. The van der Waals surface area contributed by atoms with Crippen LogP contribution < -0.4 is 16.0 Å². The summed E-state index contributed by atoms with van der Waals surface area (Å²) in [4.78, 5) is 63.6. The highest BCUT2D eigenvalue weighted by atomic mass is 32.2. The van der Waals surface area contributed by atoms with Crippen LogP contribution in [0.25, 0.3) is 0 Å². The summed E-state index contributed by atoms with van der Waals surface area (Å²) in [6, 6.07) is -2.64. The van der Waals surface area contributed by atoms with Crippen molar-refractivity contribution >= 4 is 59.3 Å². The number of hydrogen-bond acceptors (Lipinski definition) is 11. The lowest BCUT2D eigenvalue weighted by molar-refractivity contribution is -0.143. The summed E-state index contributed by atoms with van der Waals surface area (Å²) in [5.74, 6) is -3.12. The van der Waals surface area contributed by atoms with Crippen LogP contribution in [0.5, 0.6) is 0 Å². The van der Waals surface area contributed by atoms with Crippen molar-refractivity contribution in [3.8, 4) is 0 Å². The van der Waals surface area contributed by atoms with Crippen molar-refractivity contribution in [3.63, 3.8) is 0 Å². The maximum atomic E-state index is 11.1. The largest absolute Gasteiger partial charge is 0.480 e.